The fourth-order valence-corrected chi connectivity index (χ4v) is 7.46. The minimum atomic E-state index is -1.25. The highest BCUT2D eigenvalue weighted by Gasteiger charge is 2.33. The molecule has 64 heavy (non-hydrogen) atoms. The molecule has 2 aromatic rings. The number of nitrogens with two attached hydrogens (primary N) is 3. The number of nitrogens with one attached hydrogen (secondary N) is 6. The van der Waals surface area contributed by atoms with Gasteiger partial charge in [-0.25, -0.2) is 0 Å². The standard InChI is InChI=1S/C43H63N11O8S2/c1-64-23-19-30(38(44)58)51-41(61)34(27-63)50-37(57)26-54-22-9-8-20-47-35(55)17-10-18-36(56)49-31(16-11-21-48-43(45)46)39(59)52-32(24-28-12-4-2-5-13-28)40(60)53-33(42(54)62)25-29-14-6-3-7-15-29/h2-7,12-15,30-34,63H,8-11,16-27H2,1H3,(H2,44,58)(H,47,55)(H,49,56)(H,50,57)(H,51,61)(H,52,59)(H,53,60)(H4,45,46,48)/t30-,31-,32-,33-,34-/m0/s1. The Morgan fingerprint density at radius 3 is 2.02 bits per heavy atom. The van der Waals surface area contributed by atoms with Crippen LogP contribution in [-0.2, 0) is 51.2 Å². The van der Waals surface area contributed by atoms with Gasteiger partial charge in [0.2, 0.25) is 47.3 Å². The predicted molar refractivity (Wildman–Crippen MR) is 249 cm³/mol. The van der Waals surface area contributed by atoms with Crippen molar-refractivity contribution in [1.29, 1.82) is 0 Å². The fourth-order valence-electron chi connectivity index (χ4n) is 6.73. The number of guanidine groups is 1. The van der Waals surface area contributed by atoms with Crippen molar-refractivity contribution in [1.82, 2.24) is 36.8 Å². The molecule has 5 atom stereocenters. The average Bonchev–Trinajstić information content (AvgIpc) is 3.26. The Balaban J connectivity index is 2.00. The van der Waals surface area contributed by atoms with E-state index in [0.717, 1.165) is 0 Å². The number of carbonyl (C=O) groups is 8. The minimum absolute atomic E-state index is 0.00128. The molecule has 3 rings (SSSR count). The van der Waals surface area contributed by atoms with Crippen molar-refractivity contribution < 1.29 is 38.4 Å². The van der Waals surface area contributed by atoms with E-state index in [2.05, 4.69) is 49.5 Å². The van der Waals surface area contributed by atoms with E-state index in [4.69, 9.17) is 17.2 Å². The summed E-state index contributed by atoms with van der Waals surface area (Å²) in [5, 5.41) is 16.4. The average molecular weight is 926 g/mol. The normalized spacial score (nSPS) is 19.4. The third-order valence-electron chi connectivity index (χ3n) is 10.1. The van der Waals surface area contributed by atoms with Crippen molar-refractivity contribution in [3.8, 4) is 0 Å². The van der Waals surface area contributed by atoms with E-state index in [1.165, 1.54) is 16.7 Å². The van der Waals surface area contributed by atoms with Gasteiger partial charge in [-0.15, -0.1) is 0 Å². The molecular formula is C43H63N11O8S2. The van der Waals surface area contributed by atoms with Crippen LogP contribution >= 0.6 is 24.4 Å². The highest BCUT2D eigenvalue weighted by atomic mass is 32.2. The van der Waals surface area contributed by atoms with Crippen LogP contribution in [0, 0.1) is 0 Å². The molecule has 1 aliphatic rings. The third kappa shape index (κ3) is 19.7. The number of hydrogen-bond acceptors (Lipinski definition) is 11. The summed E-state index contributed by atoms with van der Waals surface area (Å²) >= 11 is 5.72. The van der Waals surface area contributed by atoms with Crippen LogP contribution in [0.1, 0.15) is 62.5 Å². The zero-order chi connectivity index (χ0) is 46.9. The van der Waals surface area contributed by atoms with E-state index in [9.17, 15) is 38.4 Å². The number of benzene rings is 2. The Hall–Kier alpha value is -5.83. The lowest BCUT2D eigenvalue weighted by Gasteiger charge is -2.30. The third-order valence-corrected chi connectivity index (χ3v) is 11.2. The van der Waals surface area contributed by atoms with Gasteiger partial charge in [-0.2, -0.15) is 24.4 Å². The molecule has 0 saturated carbocycles. The zero-order valence-corrected chi connectivity index (χ0v) is 37.9. The van der Waals surface area contributed by atoms with Crippen molar-refractivity contribution in [3.63, 3.8) is 0 Å². The van der Waals surface area contributed by atoms with Gasteiger partial charge < -0.3 is 54.0 Å². The molecule has 12 N–H and O–H groups in total. The first-order valence-corrected chi connectivity index (χ1v) is 23.3. The van der Waals surface area contributed by atoms with Gasteiger partial charge in [0.1, 0.15) is 30.2 Å². The van der Waals surface area contributed by atoms with Gasteiger partial charge in [-0.1, -0.05) is 60.7 Å². The Kier molecular flexibility index (Phi) is 23.6. The highest BCUT2D eigenvalue weighted by Crippen LogP contribution is 2.12. The summed E-state index contributed by atoms with van der Waals surface area (Å²) < 4.78 is 0. The molecule has 8 amide bonds. The first-order valence-electron chi connectivity index (χ1n) is 21.3. The molecule has 0 unspecified atom stereocenters. The summed E-state index contributed by atoms with van der Waals surface area (Å²) in [4.78, 5) is 113. The van der Waals surface area contributed by atoms with Crippen molar-refractivity contribution in [2.75, 3.05) is 43.9 Å². The monoisotopic (exact) mass is 925 g/mol. The number of thioether (sulfide) groups is 1. The Morgan fingerprint density at radius 2 is 1.41 bits per heavy atom. The molecular weight excluding hydrogens is 863 g/mol. The maximum absolute atomic E-state index is 14.7. The van der Waals surface area contributed by atoms with E-state index < -0.39 is 78.1 Å². The second-order valence-corrected chi connectivity index (χ2v) is 16.6. The molecule has 2 aromatic carbocycles. The quantitative estimate of drug-likeness (QED) is 0.0376. The fraction of sp³-hybridized carbons (Fsp3) is 0.512. The summed E-state index contributed by atoms with van der Waals surface area (Å²) in [5.74, 6) is -4.60. The maximum Gasteiger partial charge on any atom is 0.245 e. The van der Waals surface area contributed by atoms with Gasteiger partial charge in [-0.05, 0) is 61.7 Å². The summed E-state index contributed by atoms with van der Waals surface area (Å²) in [6.07, 6.45) is 3.49. The molecule has 1 fully saturated rings. The molecule has 350 valence electrons. The van der Waals surface area contributed by atoms with Crippen LogP contribution < -0.4 is 49.1 Å². The van der Waals surface area contributed by atoms with Gasteiger partial charge in [0, 0.05) is 51.1 Å². The van der Waals surface area contributed by atoms with Crippen LogP contribution in [0.3, 0.4) is 0 Å². The Morgan fingerprint density at radius 1 is 0.797 bits per heavy atom. The molecule has 1 saturated heterocycles. The molecule has 0 spiro atoms. The van der Waals surface area contributed by atoms with Gasteiger partial charge >= 0.3 is 0 Å². The van der Waals surface area contributed by atoms with Crippen LogP contribution in [0.5, 0.6) is 0 Å². The number of nitrogens with zero attached hydrogens (tertiary/aromatic N) is 2. The minimum Gasteiger partial charge on any atom is -0.370 e. The zero-order valence-electron chi connectivity index (χ0n) is 36.2. The number of aliphatic imine (C=N–C) groups is 1. The van der Waals surface area contributed by atoms with Crippen molar-refractivity contribution in [2.24, 2.45) is 22.2 Å². The molecule has 1 heterocycles. The number of hydrogen-bond donors (Lipinski definition) is 10. The Bertz CT molecular complexity index is 1890. The SMILES string of the molecule is CSCC[C@H](NC(=O)[C@H](CS)NC(=O)CN1CCCCNC(=O)CCCC(=O)N[C@@H](CCCN=C(N)N)C(=O)N[C@@H](Cc2ccccc2)C(=O)N[C@@H](Cc2ccccc2)C1=O)C(N)=O. The van der Waals surface area contributed by atoms with Crippen LogP contribution in [0.15, 0.2) is 65.7 Å². The van der Waals surface area contributed by atoms with Crippen LogP contribution in [-0.4, -0.2) is 132 Å². The largest absolute Gasteiger partial charge is 0.370 e. The van der Waals surface area contributed by atoms with Crippen LogP contribution in [0.25, 0.3) is 0 Å². The summed E-state index contributed by atoms with van der Waals surface area (Å²) in [7, 11) is 0. The summed E-state index contributed by atoms with van der Waals surface area (Å²) in [5.41, 5.74) is 17.9. The summed E-state index contributed by atoms with van der Waals surface area (Å²) in [6.45, 7) is -0.0982. The van der Waals surface area contributed by atoms with Crippen molar-refractivity contribution in [2.45, 2.75) is 94.4 Å². The number of rotatable bonds is 18. The highest BCUT2D eigenvalue weighted by molar-refractivity contribution is 7.98. The van der Waals surface area contributed by atoms with Crippen LogP contribution in [0.4, 0.5) is 0 Å². The van der Waals surface area contributed by atoms with Crippen molar-refractivity contribution in [3.05, 3.63) is 71.8 Å². The smallest absolute Gasteiger partial charge is 0.245 e. The van der Waals surface area contributed by atoms with Gasteiger partial charge in [-0.3, -0.25) is 43.3 Å². The molecule has 0 bridgehead atoms. The lowest BCUT2D eigenvalue weighted by Crippen LogP contribution is -2.59. The maximum atomic E-state index is 14.7. The molecule has 19 nitrogen and oxygen atoms in total. The molecule has 0 aromatic heterocycles. The first kappa shape index (κ1) is 52.5. The van der Waals surface area contributed by atoms with E-state index in [1.807, 2.05) is 6.26 Å². The predicted octanol–water partition coefficient (Wildman–Crippen LogP) is -0.973. The molecule has 1 aliphatic heterocycles. The number of thiol groups is 1. The second kappa shape index (κ2) is 28.8. The van der Waals surface area contributed by atoms with Crippen LogP contribution in [0.2, 0.25) is 0 Å². The van der Waals surface area contributed by atoms with Gasteiger partial charge in [0.05, 0.1) is 6.54 Å². The topological polar surface area (TPSA) is 302 Å². The lowest BCUT2D eigenvalue weighted by atomic mass is 10.0. The van der Waals surface area contributed by atoms with E-state index in [0.29, 0.717) is 36.1 Å². The number of carbonyl (C=O) groups excluding carboxylic acids is 8. The van der Waals surface area contributed by atoms with E-state index in [-0.39, 0.29) is 82.2 Å². The number of amides is 8. The van der Waals surface area contributed by atoms with E-state index >= 15 is 0 Å². The van der Waals surface area contributed by atoms with Crippen molar-refractivity contribution >= 4 is 77.6 Å². The first-order chi connectivity index (χ1) is 30.7. The molecule has 21 heteroatoms. The van der Waals surface area contributed by atoms with E-state index in [1.54, 1.807) is 60.7 Å². The summed E-state index contributed by atoms with van der Waals surface area (Å²) in [6, 6.07) is 12.1. The van der Waals surface area contributed by atoms with Gasteiger partial charge in [0.15, 0.2) is 5.96 Å². The Labute approximate surface area is 383 Å². The molecule has 0 radical (unpaired) electrons. The second-order valence-electron chi connectivity index (χ2n) is 15.3. The lowest BCUT2D eigenvalue weighted by molar-refractivity contribution is -0.140. The molecule has 0 aliphatic carbocycles. The van der Waals surface area contributed by atoms with Gasteiger partial charge in [0.25, 0.3) is 0 Å². The number of primary amides is 1.